The first kappa shape index (κ1) is 18.9. The Morgan fingerprint density at radius 1 is 1.14 bits per heavy atom. The van der Waals surface area contributed by atoms with Gasteiger partial charge in [-0.15, -0.1) is 0 Å². The fourth-order valence-corrected chi connectivity index (χ4v) is 4.26. The highest BCUT2D eigenvalue weighted by molar-refractivity contribution is 5.80. The van der Waals surface area contributed by atoms with E-state index in [1.807, 2.05) is 9.80 Å². The molecule has 1 atom stereocenters. The second-order valence-electron chi connectivity index (χ2n) is 7.84. The molecule has 0 radical (unpaired) electrons. The molecule has 2 aliphatic rings. The van der Waals surface area contributed by atoms with Crippen LogP contribution in [-0.4, -0.2) is 47.1 Å². The fourth-order valence-electron chi connectivity index (χ4n) is 4.26. The van der Waals surface area contributed by atoms with Gasteiger partial charge in [0, 0.05) is 31.7 Å². The van der Waals surface area contributed by atoms with Gasteiger partial charge in [0.05, 0.1) is 11.6 Å². The van der Waals surface area contributed by atoms with Crippen LogP contribution in [0.15, 0.2) is 22.7 Å². The maximum Gasteiger partial charge on any atom is 0.258 e. The van der Waals surface area contributed by atoms with Crippen LogP contribution in [0, 0.1) is 18.7 Å². The lowest BCUT2D eigenvalue weighted by Gasteiger charge is -2.36. The van der Waals surface area contributed by atoms with Gasteiger partial charge >= 0.3 is 0 Å². The van der Waals surface area contributed by atoms with Gasteiger partial charge in [-0.2, -0.15) is 4.98 Å². The van der Waals surface area contributed by atoms with Crippen LogP contribution in [0.3, 0.4) is 0 Å². The van der Waals surface area contributed by atoms with E-state index in [-0.39, 0.29) is 17.6 Å². The third-order valence-corrected chi connectivity index (χ3v) is 5.75. The highest BCUT2D eigenvalue weighted by atomic mass is 19.1. The molecule has 2 fully saturated rings. The molecule has 0 saturated carbocycles. The van der Waals surface area contributed by atoms with Crippen molar-refractivity contribution in [1.29, 1.82) is 0 Å². The predicted molar refractivity (Wildman–Crippen MR) is 104 cm³/mol. The van der Waals surface area contributed by atoms with Gasteiger partial charge in [0.2, 0.25) is 5.91 Å². The van der Waals surface area contributed by atoms with Crippen molar-refractivity contribution in [1.82, 2.24) is 15.0 Å². The third kappa shape index (κ3) is 4.03. The van der Waals surface area contributed by atoms with Crippen molar-refractivity contribution >= 4 is 11.6 Å². The second-order valence-corrected chi connectivity index (χ2v) is 7.84. The predicted octanol–water partition coefficient (Wildman–Crippen LogP) is 3.80. The van der Waals surface area contributed by atoms with E-state index in [9.17, 15) is 9.18 Å². The summed E-state index contributed by atoms with van der Waals surface area (Å²) in [5.41, 5.74) is 1.10. The number of halogens is 1. The second kappa shape index (κ2) is 8.29. The minimum atomic E-state index is -0.323. The summed E-state index contributed by atoms with van der Waals surface area (Å²) in [6.45, 7) is 4.79. The van der Waals surface area contributed by atoms with Gasteiger partial charge < -0.3 is 14.3 Å². The number of carbonyl (C=O) groups is 1. The molecule has 0 spiro atoms. The molecule has 7 heteroatoms. The molecule has 2 aliphatic heterocycles. The van der Waals surface area contributed by atoms with Crippen molar-refractivity contribution in [3.8, 4) is 11.5 Å². The molecule has 2 aromatic rings. The van der Waals surface area contributed by atoms with Crippen LogP contribution in [0.25, 0.3) is 11.5 Å². The minimum Gasteiger partial charge on any atom is -0.368 e. The van der Waals surface area contributed by atoms with E-state index in [0.717, 1.165) is 45.3 Å². The van der Waals surface area contributed by atoms with Gasteiger partial charge in [0.15, 0.2) is 5.82 Å². The largest absolute Gasteiger partial charge is 0.368 e. The van der Waals surface area contributed by atoms with Crippen LogP contribution in [0.5, 0.6) is 0 Å². The molecule has 0 bridgehead atoms. The Balaban J connectivity index is 1.47. The van der Waals surface area contributed by atoms with E-state index >= 15 is 0 Å². The number of piperidine rings is 1. The zero-order valence-corrected chi connectivity index (χ0v) is 16.4. The van der Waals surface area contributed by atoms with E-state index in [2.05, 4.69) is 10.1 Å². The number of anilines is 1. The summed E-state index contributed by atoms with van der Waals surface area (Å²) in [7, 11) is 0. The van der Waals surface area contributed by atoms with Gasteiger partial charge in [-0.3, -0.25) is 4.79 Å². The number of carbonyl (C=O) groups excluding carboxylic acids is 1. The minimum absolute atomic E-state index is 0.0514. The lowest BCUT2D eigenvalue weighted by molar-refractivity contribution is -0.135. The standard InChI is InChI=1S/C21H27FN4O2/c1-15-23-20(28-24-15)16-8-9-19(18(22)13-16)26-12-6-7-17(14-26)21(27)25-10-4-2-3-5-11-25/h8-9,13,17H,2-7,10-12,14H2,1H3. The summed E-state index contributed by atoms with van der Waals surface area (Å²) in [6.07, 6.45) is 6.37. The Labute approximate surface area is 164 Å². The number of nitrogens with zero attached hydrogens (tertiary/aromatic N) is 4. The summed E-state index contributed by atoms with van der Waals surface area (Å²) in [4.78, 5) is 21.2. The molecule has 1 aromatic carbocycles. The summed E-state index contributed by atoms with van der Waals surface area (Å²) >= 11 is 0. The molecular formula is C21H27FN4O2. The average molecular weight is 386 g/mol. The maximum atomic E-state index is 14.8. The first-order chi connectivity index (χ1) is 13.6. The monoisotopic (exact) mass is 386 g/mol. The number of aromatic nitrogens is 2. The molecule has 28 heavy (non-hydrogen) atoms. The van der Waals surface area contributed by atoms with Crippen molar-refractivity contribution in [2.75, 3.05) is 31.1 Å². The maximum absolute atomic E-state index is 14.8. The molecule has 1 amide bonds. The molecule has 0 aliphatic carbocycles. The Morgan fingerprint density at radius 3 is 2.61 bits per heavy atom. The van der Waals surface area contributed by atoms with Crippen LogP contribution in [-0.2, 0) is 4.79 Å². The summed E-state index contributed by atoms with van der Waals surface area (Å²) in [6, 6.07) is 4.98. The van der Waals surface area contributed by atoms with Crippen LogP contribution in [0.4, 0.5) is 10.1 Å². The van der Waals surface area contributed by atoms with Gasteiger partial charge in [0.1, 0.15) is 5.82 Å². The van der Waals surface area contributed by atoms with E-state index in [1.54, 1.807) is 19.1 Å². The van der Waals surface area contributed by atoms with Crippen LogP contribution >= 0.6 is 0 Å². The summed E-state index contributed by atoms with van der Waals surface area (Å²) < 4.78 is 20.0. The van der Waals surface area contributed by atoms with E-state index in [0.29, 0.717) is 29.5 Å². The first-order valence-corrected chi connectivity index (χ1v) is 10.3. The number of hydrogen-bond acceptors (Lipinski definition) is 5. The van der Waals surface area contributed by atoms with E-state index in [4.69, 9.17) is 4.52 Å². The molecule has 150 valence electrons. The summed E-state index contributed by atoms with van der Waals surface area (Å²) in [5, 5.41) is 3.75. The quantitative estimate of drug-likeness (QED) is 0.803. The Morgan fingerprint density at radius 2 is 1.93 bits per heavy atom. The van der Waals surface area contributed by atoms with Gasteiger partial charge in [-0.25, -0.2) is 4.39 Å². The number of benzene rings is 1. The third-order valence-electron chi connectivity index (χ3n) is 5.75. The number of hydrogen-bond donors (Lipinski definition) is 0. The first-order valence-electron chi connectivity index (χ1n) is 10.3. The molecule has 6 nitrogen and oxygen atoms in total. The van der Waals surface area contributed by atoms with Crippen LogP contribution in [0.1, 0.15) is 44.3 Å². The molecule has 2 saturated heterocycles. The number of rotatable bonds is 3. The smallest absolute Gasteiger partial charge is 0.258 e. The van der Waals surface area contributed by atoms with E-state index < -0.39 is 0 Å². The Kier molecular flexibility index (Phi) is 5.59. The lowest BCUT2D eigenvalue weighted by atomic mass is 9.95. The van der Waals surface area contributed by atoms with Crippen molar-refractivity contribution in [2.24, 2.45) is 5.92 Å². The van der Waals surface area contributed by atoms with Gasteiger partial charge in [-0.1, -0.05) is 18.0 Å². The number of aryl methyl sites for hydroxylation is 1. The highest BCUT2D eigenvalue weighted by Gasteiger charge is 2.30. The Hall–Kier alpha value is -2.44. The van der Waals surface area contributed by atoms with Crippen molar-refractivity contribution < 1.29 is 13.7 Å². The Bertz CT molecular complexity index is 830. The normalized spacial score (nSPS) is 20.9. The lowest BCUT2D eigenvalue weighted by Crippen LogP contribution is -2.45. The highest BCUT2D eigenvalue weighted by Crippen LogP contribution is 2.30. The molecule has 0 N–H and O–H groups in total. The molecule has 3 heterocycles. The number of amides is 1. The molecular weight excluding hydrogens is 359 g/mol. The van der Waals surface area contributed by atoms with Gasteiger partial charge in [-0.05, 0) is 50.8 Å². The van der Waals surface area contributed by atoms with E-state index in [1.165, 1.54) is 18.9 Å². The van der Waals surface area contributed by atoms with Crippen molar-refractivity contribution in [3.05, 3.63) is 29.8 Å². The number of likely N-dealkylation sites (tertiary alicyclic amines) is 1. The fraction of sp³-hybridized carbons (Fsp3) is 0.571. The molecule has 1 aromatic heterocycles. The SMILES string of the molecule is Cc1noc(-c2ccc(N3CCCC(C(=O)N4CCCCCC4)C3)c(F)c2)n1. The van der Waals surface area contributed by atoms with Crippen LogP contribution in [0.2, 0.25) is 0 Å². The zero-order valence-electron chi connectivity index (χ0n) is 16.4. The molecule has 4 rings (SSSR count). The van der Waals surface area contributed by atoms with Crippen molar-refractivity contribution in [3.63, 3.8) is 0 Å². The van der Waals surface area contributed by atoms with Gasteiger partial charge in [0.25, 0.3) is 5.89 Å². The topological polar surface area (TPSA) is 62.5 Å². The average Bonchev–Trinajstić information content (AvgIpc) is 2.97. The van der Waals surface area contributed by atoms with Crippen molar-refractivity contribution in [2.45, 2.75) is 45.4 Å². The molecule has 1 unspecified atom stereocenters. The zero-order chi connectivity index (χ0) is 19.5. The van der Waals surface area contributed by atoms with Crippen LogP contribution < -0.4 is 4.90 Å². The summed E-state index contributed by atoms with van der Waals surface area (Å²) in [5.74, 6) is 0.701.